The Morgan fingerprint density at radius 1 is 1.38 bits per heavy atom. The molecular weight excluding hydrogens is 399 g/mol. The van der Waals surface area contributed by atoms with Gasteiger partial charge in [0.15, 0.2) is 0 Å². The van der Waals surface area contributed by atoms with Crippen LogP contribution in [0.25, 0.3) is 11.4 Å². The van der Waals surface area contributed by atoms with Gasteiger partial charge in [-0.2, -0.15) is 0 Å². The van der Waals surface area contributed by atoms with Crippen molar-refractivity contribution in [2.45, 2.75) is 39.3 Å². The quantitative estimate of drug-likeness (QED) is 0.524. The molecule has 2 aromatic heterocycles. The summed E-state index contributed by atoms with van der Waals surface area (Å²) < 4.78 is 11.0. The van der Waals surface area contributed by atoms with Crippen molar-refractivity contribution in [3.63, 3.8) is 0 Å². The number of carbonyl (C=O) groups excluding carboxylic acids is 2. The molecule has 26 heavy (non-hydrogen) atoms. The fourth-order valence-corrected chi connectivity index (χ4v) is 2.71. The second-order valence-electron chi connectivity index (χ2n) is 6.54. The fraction of sp³-hybridized carbons (Fsp3) is 0.412. The number of nitrogens with one attached hydrogen (secondary N) is 1. The van der Waals surface area contributed by atoms with Gasteiger partial charge in [-0.05, 0) is 0 Å². The van der Waals surface area contributed by atoms with E-state index in [4.69, 9.17) is 15.2 Å². The molecule has 0 fully saturated rings. The van der Waals surface area contributed by atoms with Crippen LogP contribution in [0.2, 0.25) is 0 Å². The third kappa shape index (κ3) is 4.93. The van der Waals surface area contributed by atoms with Crippen molar-refractivity contribution in [2.75, 3.05) is 6.61 Å². The van der Waals surface area contributed by atoms with Crippen LogP contribution in [0.3, 0.4) is 0 Å². The van der Waals surface area contributed by atoms with Gasteiger partial charge >= 0.3 is 160 Å². The number of rotatable bonds is 5. The molecule has 0 bridgehead atoms. The molecule has 0 aliphatic heterocycles. The van der Waals surface area contributed by atoms with Crippen LogP contribution in [-0.2, 0) is 14.3 Å². The van der Waals surface area contributed by atoms with E-state index in [-0.39, 0.29) is 17.9 Å². The molecule has 2 rings (SSSR count). The van der Waals surface area contributed by atoms with Crippen LogP contribution in [-0.4, -0.2) is 56.0 Å². The van der Waals surface area contributed by atoms with E-state index < -0.39 is 23.6 Å². The number of aromatic amines is 1. The standard InChI is InChI=1S/C17H23AsN4O4/c1-5-25-14(23)9-8-11(10-6-7-20-16(18)22-10)21-13(9)12(19)15(24)26-17(2,3)4/h6-8,12,21H,5,18-19H2,1-4H3. The Balaban J connectivity index is 2.45. The molecule has 0 aliphatic carbocycles. The first-order chi connectivity index (χ1) is 12.1. The maximum absolute atomic E-state index is 12.3. The number of aromatic nitrogens is 3. The predicted molar refractivity (Wildman–Crippen MR) is 98.7 cm³/mol. The van der Waals surface area contributed by atoms with E-state index in [0.29, 0.717) is 16.0 Å². The molecule has 0 aliphatic rings. The Labute approximate surface area is 160 Å². The summed E-state index contributed by atoms with van der Waals surface area (Å²) in [6, 6.07) is 2.12. The van der Waals surface area contributed by atoms with Gasteiger partial charge in [0.05, 0.1) is 0 Å². The minimum atomic E-state index is -1.16. The second-order valence-corrected chi connectivity index (χ2v) is 7.63. The molecule has 2 aromatic rings. The van der Waals surface area contributed by atoms with Crippen LogP contribution < -0.4 is 10.3 Å². The molecular formula is C17H23AsN4O4. The second kappa shape index (κ2) is 8.01. The van der Waals surface area contributed by atoms with Crippen molar-refractivity contribution in [3.8, 4) is 11.4 Å². The zero-order valence-corrected chi connectivity index (χ0v) is 17.6. The summed E-state index contributed by atoms with van der Waals surface area (Å²) >= 11 is 1.28. The minimum absolute atomic E-state index is 0.182. The molecule has 9 heteroatoms. The van der Waals surface area contributed by atoms with E-state index in [1.165, 1.54) is 16.9 Å². The first kappa shape index (κ1) is 20.1. The molecule has 0 amide bonds. The van der Waals surface area contributed by atoms with E-state index >= 15 is 0 Å². The van der Waals surface area contributed by atoms with Crippen LogP contribution in [0.5, 0.6) is 0 Å². The van der Waals surface area contributed by atoms with Crippen molar-refractivity contribution < 1.29 is 19.1 Å². The third-order valence-electron chi connectivity index (χ3n) is 3.27. The first-order valence-electron chi connectivity index (χ1n) is 8.09. The van der Waals surface area contributed by atoms with Gasteiger partial charge in [-0.15, -0.1) is 0 Å². The molecule has 0 aromatic carbocycles. The molecule has 2 heterocycles. The van der Waals surface area contributed by atoms with Gasteiger partial charge in [0.1, 0.15) is 0 Å². The summed E-state index contributed by atoms with van der Waals surface area (Å²) in [4.78, 5) is 36.1. The predicted octanol–water partition coefficient (Wildman–Crippen LogP) is 0.248. The number of nitrogens with zero attached hydrogens (tertiary/aromatic N) is 2. The summed E-state index contributed by atoms with van der Waals surface area (Å²) in [5, 5.41) is 0. The first-order valence-corrected chi connectivity index (χ1v) is 9.31. The summed E-state index contributed by atoms with van der Waals surface area (Å²) in [6.07, 6.45) is 1.62. The van der Waals surface area contributed by atoms with Crippen molar-refractivity contribution in [1.29, 1.82) is 0 Å². The van der Waals surface area contributed by atoms with Crippen molar-refractivity contribution in [1.82, 2.24) is 15.0 Å². The SMILES string of the molecule is CCOC(=O)c1cc(-c2ccnc([AsH2])n2)[nH]c1C(N)C(=O)OC(C)(C)C. The van der Waals surface area contributed by atoms with Gasteiger partial charge in [-0.25, -0.2) is 0 Å². The van der Waals surface area contributed by atoms with Gasteiger partial charge in [0, 0.05) is 0 Å². The number of nitrogens with two attached hydrogens (primary N) is 1. The fourth-order valence-electron chi connectivity index (χ4n) is 2.24. The molecule has 140 valence electrons. The zero-order chi connectivity index (χ0) is 19.5. The summed E-state index contributed by atoms with van der Waals surface area (Å²) in [6.45, 7) is 7.14. The van der Waals surface area contributed by atoms with E-state index in [9.17, 15) is 9.59 Å². The number of hydrogen-bond donors (Lipinski definition) is 2. The molecule has 2 atom stereocenters. The summed E-state index contributed by atoms with van der Waals surface area (Å²) in [5.41, 5.74) is 6.91. The van der Waals surface area contributed by atoms with Gasteiger partial charge in [-0.3, -0.25) is 0 Å². The normalized spacial score (nSPS) is 12.5. The van der Waals surface area contributed by atoms with Crippen molar-refractivity contribution >= 4 is 33.4 Å². The number of esters is 2. The molecule has 0 saturated carbocycles. The van der Waals surface area contributed by atoms with Crippen LogP contribution in [0.15, 0.2) is 18.3 Å². The van der Waals surface area contributed by atoms with E-state index in [1.807, 2.05) is 0 Å². The number of hydrogen-bond acceptors (Lipinski definition) is 7. The Morgan fingerprint density at radius 3 is 2.65 bits per heavy atom. The Kier molecular flexibility index (Phi) is 6.21. The molecule has 0 radical (unpaired) electrons. The number of carbonyl (C=O) groups is 2. The van der Waals surface area contributed by atoms with Gasteiger partial charge in [-0.1, -0.05) is 0 Å². The molecule has 2 unspecified atom stereocenters. The van der Waals surface area contributed by atoms with Gasteiger partial charge < -0.3 is 0 Å². The Hall–Kier alpha value is -2.18. The summed E-state index contributed by atoms with van der Waals surface area (Å²) in [5.74, 6) is -1.21. The average Bonchev–Trinajstić information content (AvgIpc) is 2.98. The van der Waals surface area contributed by atoms with Gasteiger partial charge in [0.25, 0.3) is 0 Å². The van der Waals surface area contributed by atoms with Crippen LogP contribution in [0.4, 0.5) is 0 Å². The van der Waals surface area contributed by atoms with Crippen molar-refractivity contribution in [2.24, 2.45) is 5.73 Å². The zero-order valence-electron chi connectivity index (χ0n) is 15.2. The molecule has 0 spiro atoms. The maximum atomic E-state index is 12.3. The Bertz CT molecular complexity index is 813. The molecule has 3 N–H and O–H groups in total. The monoisotopic (exact) mass is 422 g/mol. The van der Waals surface area contributed by atoms with Crippen LogP contribution >= 0.6 is 0 Å². The Morgan fingerprint density at radius 2 is 2.08 bits per heavy atom. The topological polar surface area (TPSA) is 120 Å². The van der Waals surface area contributed by atoms with E-state index in [1.54, 1.807) is 46.0 Å². The summed E-state index contributed by atoms with van der Waals surface area (Å²) in [7, 11) is 0. The molecule has 8 nitrogen and oxygen atoms in total. The van der Waals surface area contributed by atoms with Crippen molar-refractivity contribution in [3.05, 3.63) is 29.6 Å². The number of H-pyrrole nitrogens is 1. The molecule has 0 saturated heterocycles. The average molecular weight is 422 g/mol. The van der Waals surface area contributed by atoms with E-state index in [0.717, 1.165) is 0 Å². The van der Waals surface area contributed by atoms with Gasteiger partial charge in [0.2, 0.25) is 0 Å². The third-order valence-corrected chi connectivity index (χ3v) is 3.85. The van der Waals surface area contributed by atoms with Crippen LogP contribution in [0.1, 0.15) is 49.8 Å². The number of ether oxygens (including phenoxy) is 2. The van der Waals surface area contributed by atoms with E-state index in [2.05, 4.69) is 15.0 Å². The van der Waals surface area contributed by atoms with Crippen LogP contribution in [0, 0.1) is 0 Å².